The molecule has 2 N–H and O–H groups in total. The Morgan fingerprint density at radius 1 is 1.22 bits per heavy atom. The van der Waals surface area contributed by atoms with Crippen molar-refractivity contribution in [3.8, 4) is 0 Å². The van der Waals surface area contributed by atoms with Crippen LogP contribution in [0.3, 0.4) is 0 Å². The number of nitrogens with zero attached hydrogens (tertiary/aromatic N) is 1. The third-order valence-corrected chi connectivity index (χ3v) is 2.01. The molecule has 0 saturated carbocycles. The summed E-state index contributed by atoms with van der Waals surface area (Å²) in [5.41, 5.74) is -0.472. The highest BCUT2D eigenvalue weighted by molar-refractivity contribution is 4.73. The lowest BCUT2D eigenvalue weighted by Crippen LogP contribution is -2.40. The molecule has 0 saturated heterocycles. The Hall–Kier alpha value is -0.120. The maximum atomic E-state index is 8.66. The molecule has 0 fully saturated rings. The zero-order valence-electron chi connectivity index (χ0n) is 6.26. The van der Waals surface area contributed by atoms with Crippen molar-refractivity contribution in [1.29, 1.82) is 0 Å². The minimum absolute atomic E-state index is 0.299. The van der Waals surface area contributed by atoms with Gasteiger partial charge in [0.25, 0.3) is 0 Å². The Balaban J connectivity index is 3.92. The molecule has 0 spiro atoms. The molecule has 3 heteroatoms. The third kappa shape index (κ3) is 1.93. The second-order valence-electron chi connectivity index (χ2n) is 2.49. The molecule has 0 aliphatic rings. The minimum Gasteiger partial charge on any atom is -0.289 e. The molecule has 0 amide bonds. The van der Waals surface area contributed by atoms with E-state index in [1.807, 2.05) is 13.8 Å². The van der Waals surface area contributed by atoms with Gasteiger partial charge in [-0.2, -0.15) is 0 Å². The van der Waals surface area contributed by atoms with Crippen molar-refractivity contribution in [3.63, 3.8) is 0 Å². The van der Waals surface area contributed by atoms with Gasteiger partial charge >= 0.3 is 0 Å². The van der Waals surface area contributed by atoms with E-state index in [0.29, 0.717) is 5.23 Å². The van der Waals surface area contributed by atoms with Gasteiger partial charge in [0.1, 0.15) is 0 Å². The summed E-state index contributed by atoms with van der Waals surface area (Å²) in [6.45, 7) is 5.64. The maximum absolute atomic E-state index is 8.66. The van der Waals surface area contributed by atoms with E-state index < -0.39 is 5.54 Å². The van der Waals surface area contributed by atoms with Crippen LogP contribution in [0.15, 0.2) is 0 Å². The number of hydrogen-bond acceptors (Lipinski definition) is 3. The second kappa shape index (κ2) is 3.15. The zero-order chi connectivity index (χ0) is 7.49. The highest BCUT2D eigenvalue weighted by Crippen LogP contribution is 2.18. The summed E-state index contributed by atoms with van der Waals surface area (Å²) in [4.78, 5) is 0. The molecule has 56 valence electrons. The van der Waals surface area contributed by atoms with Gasteiger partial charge in [-0.1, -0.05) is 19.1 Å². The van der Waals surface area contributed by atoms with Crippen LogP contribution in [0.25, 0.3) is 0 Å². The minimum atomic E-state index is -0.472. The largest absolute Gasteiger partial charge is 0.289 e. The summed E-state index contributed by atoms with van der Waals surface area (Å²) in [7, 11) is 0. The summed E-state index contributed by atoms with van der Waals surface area (Å²) in [6, 6.07) is 0. The Morgan fingerprint density at radius 2 is 1.56 bits per heavy atom. The molecule has 0 unspecified atom stereocenters. The van der Waals surface area contributed by atoms with E-state index >= 15 is 0 Å². The highest BCUT2D eigenvalue weighted by Gasteiger charge is 2.25. The summed E-state index contributed by atoms with van der Waals surface area (Å²) < 4.78 is 0. The Kier molecular flexibility index (Phi) is 3.11. The van der Waals surface area contributed by atoms with E-state index in [-0.39, 0.29) is 0 Å². The fourth-order valence-electron chi connectivity index (χ4n) is 0.533. The van der Waals surface area contributed by atoms with Crippen LogP contribution in [-0.2, 0) is 0 Å². The highest BCUT2D eigenvalue weighted by atomic mass is 16.8. The van der Waals surface area contributed by atoms with Gasteiger partial charge in [-0.25, -0.2) is 0 Å². The zero-order valence-corrected chi connectivity index (χ0v) is 6.26. The lowest BCUT2D eigenvalue weighted by Gasteiger charge is -2.29. The Labute approximate surface area is 55.8 Å². The van der Waals surface area contributed by atoms with Gasteiger partial charge < -0.3 is 0 Å². The Bertz CT molecular complexity index is 79.1. The summed E-state index contributed by atoms with van der Waals surface area (Å²) in [5, 5.41) is 17.6. The van der Waals surface area contributed by atoms with Gasteiger partial charge in [0, 0.05) is 0 Å². The van der Waals surface area contributed by atoms with E-state index in [0.717, 1.165) is 12.8 Å². The molecule has 0 heterocycles. The van der Waals surface area contributed by atoms with Gasteiger partial charge in [-0.15, -0.1) is 0 Å². The van der Waals surface area contributed by atoms with Crippen molar-refractivity contribution < 1.29 is 10.4 Å². The number of rotatable bonds is 3. The predicted octanol–water partition coefficient (Wildman–Crippen LogP) is 1.65. The van der Waals surface area contributed by atoms with Crippen molar-refractivity contribution in [2.24, 2.45) is 0 Å². The first-order chi connectivity index (χ1) is 4.06. The molecule has 0 aliphatic heterocycles. The summed E-state index contributed by atoms with van der Waals surface area (Å²) in [5.74, 6) is 0. The van der Waals surface area contributed by atoms with E-state index in [4.69, 9.17) is 10.4 Å². The van der Waals surface area contributed by atoms with Crippen molar-refractivity contribution in [1.82, 2.24) is 5.23 Å². The van der Waals surface area contributed by atoms with Gasteiger partial charge in [-0.3, -0.25) is 10.4 Å². The summed E-state index contributed by atoms with van der Waals surface area (Å²) >= 11 is 0. The van der Waals surface area contributed by atoms with Crippen LogP contribution in [0, 0.1) is 0 Å². The van der Waals surface area contributed by atoms with Crippen LogP contribution in [0.5, 0.6) is 0 Å². The fourth-order valence-corrected chi connectivity index (χ4v) is 0.533. The van der Waals surface area contributed by atoms with E-state index in [9.17, 15) is 0 Å². The molecule has 9 heavy (non-hydrogen) atoms. The molecular formula is C6H15NO2. The first kappa shape index (κ1) is 8.88. The lowest BCUT2D eigenvalue weighted by molar-refractivity contribution is -0.361. The van der Waals surface area contributed by atoms with Crippen LogP contribution >= 0.6 is 0 Å². The van der Waals surface area contributed by atoms with Crippen LogP contribution in [-0.4, -0.2) is 21.2 Å². The van der Waals surface area contributed by atoms with Crippen molar-refractivity contribution >= 4 is 0 Å². The molecule has 3 nitrogen and oxygen atoms in total. The molecule has 0 aromatic rings. The standard InChI is InChI=1S/C6H15NO2/c1-4-6(3,5-2)7(8)9/h8-9H,4-5H2,1-3H3. The topological polar surface area (TPSA) is 43.7 Å². The third-order valence-electron chi connectivity index (χ3n) is 2.01. The SMILES string of the molecule is CCC(C)(CC)N(O)O. The summed E-state index contributed by atoms with van der Waals surface area (Å²) in [6.07, 6.45) is 1.47. The first-order valence-corrected chi connectivity index (χ1v) is 3.24. The van der Waals surface area contributed by atoms with Crippen LogP contribution < -0.4 is 0 Å². The second-order valence-corrected chi connectivity index (χ2v) is 2.49. The normalized spacial score (nSPS) is 12.7. The van der Waals surface area contributed by atoms with Crippen LogP contribution in [0.4, 0.5) is 0 Å². The molecule has 0 aromatic carbocycles. The van der Waals surface area contributed by atoms with Gasteiger partial charge in [0.2, 0.25) is 0 Å². The molecule has 0 radical (unpaired) electrons. The van der Waals surface area contributed by atoms with Crippen LogP contribution in [0.1, 0.15) is 33.6 Å². The quantitative estimate of drug-likeness (QED) is 0.575. The monoisotopic (exact) mass is 133 g/mol. The number of hydroxylamine groups is 2. The molecule has 0 aliphatic carbocycles. The van der Waals surface area contributed by atoms with Gasteiger partial charge in [0.15, 0.2) is 0 Å². The average molecular weight is 133 g/mol. The van der Waals surface area contributed by atoms with Gasteiger partial charge in [0.05, 0.1) is 5.54 Å². The fraction of sp³-hybridized carbons (Fsp3) is 1.00. The van der Waals surface area contributed by atoms with Crippen molar-refractivity contribution in [2.75, 3.05) is 0 Å². The van der Waals surface area contributed by atoms with Gasteiger partial charge in [-0.05, 0) is 19.8 Å². The van der Waals surface area contributed by atoms with Crippen LogP contribution in [0.2, 0.25) is 0 Å². The predicted molar refractivity (Wildman–Crippen MR) is 34.4 cm³/mol. The maximum Gasteiger partial charge on any atom is 0.0699 e. The van der Waals surface area contributed by atoms with Crippen molar-refractivity contribution in [3.05, 3.63) is 0 Å². The smallest absolute Gasteiger partial charge is 0.0699 e. The van der Waals surface area contributed by atoms with E-state index in [1.165, 1.54) is 0 Å². The van der Waals surface area contributed by atoms with E-state index in [1.54, 1.807) is 6.92 Å². The molecule has 0 bridgehead atoms. The lowest BCUT2D eigenvalue weighted by atomic mass is 9.97. The van der Waals surface area contributed by atoms with Crippen molar-refractivity contribution in [2.45, 2.75) is 39.2 Å². The Morgan fingerprint density at radius 3 is 1.56 bits per heavy atom. The average Bonchev–Trinajstić information content (AvgIpc) is 1.86. The molecule has 0 rings (SSSR count). The van der Waals surface area contributed by atoms with E-state index in [2.05, 4.69) is 0 Å². The molecule has 0 atom stereocenters. The molecular weight excluding hydrogens is 118 g/mol. The number of hydrogen-bond donors (Lipinski definition) is 2. The molecule has 0 aromatic heterocycles. The first-order valence-electron chi connectivity index (χ1n) is 3.24.